The Bertz CT molecular complexity index is 609. The van der Waals surface area contributed by atoms with Crippen molar-refractivity contribution in [2.24, 2.45) is 5.11 Å². The van der Waals surface area contributed by atoms with Crippen LogP contribution in [0, 0.1) is 0 Å². The average Bonchev–Trinajstić information content (AvgIpc) is 2.38. The van der Waals surface area contributed by atoms with Crippen molar-refractivity contribution in [1.82, 2.24) is 0 Å². The largest absolute Gasteiger partial charge is 0.481 e. The molecule has 20 heavy (non-hydrogen) atoms. The lowest BCUT2D eigenvalue weighted by Gasteiger charge is -2.24. The molecule has 1 aromatic carbocycles. The van der Waals surface area contributed by atoms with E-state index in [1.165, 1.54) is 0 Å². The van der Waals surface area contributed by atoms with Crippen LogP contribution in [0.3, 0.4) is 0 Å². The first-order valence-corrected chi connectivity index (χ1v) is 5.88. The molecule has 1 heterocycles. The predicted octanol–water partition coefficient (Wildman–Crippen LogP) is 2.23. The van der Waals surface area contributed by atoms with Crippen molar-refractivity contribution in [3.63, 3.8) is 0 Å². The molecule has 0 aliphatic carbocycles. The van der Waals surface area contributed by atoms with Crippen LogP contribution in [-0.2, 0) is 9.59 Å². The lowest BCUT2D eigenvalue weighted by Crippen LogP contribution is -2.34. The smallest absolute Gasteiger partial charge is 0.304 e. The van der Waals surface area contributed by atoms with Gasteiger partial charge in [-0.05, 0) is 30.2 Å². The maximum Gasteiger partial charge on any atom is 0.304 e. The molecule has 8 heteroatoms. The Hall–Kier alpha value is -2.73. The minimum Gasteiger partial charge on any atom is -0.481 e. The second kappa shape index (κ2) is 5.50. The first-order chi connectivity index (χ1) is 9.51. The van der Waals surface area contributed by atoms with Gasteiger partial charge in [0.1, 0.15) is 5.75 Å². The summed E-state index contributed by atoms with van der Waals surface area (Å²) in [5, 5.41) is 14.9. The maximum absolute atomic E-state index is 11.5. The van der Waals surface area contributed by atoms with E-state index in [2.05, 4.69) is 15.3 Å². The molecule has 1 amide bonds. The zero-order valence-electron chi connectivity index (χ0n) is 10.6. The molecule has 2 unspecified atom stereocenters. The molecule has 0 spiro atoms. The van der Waals surface area contributed by atoms with E-state index in [4.69, 9.17) is 15.4 Å². The number of fused-ring (bicyclic) bond motifs is 1. The SMILES string of the molecule is CC1Oc2ccc(C(CC(=O)O)N=[N+]=[N-])cc2NC1=O. The number of hydrogen-bond donors (Lipinski definition) is 2. The van der Waals surface area contributed by atoms with Gasteiger partial charge in [0.25, 0.3) is 5.91 Å². The van der Waals surface area contributed by atoms with Gasteiger partial charge in [-0.2, -0.15) is 0 Å². The molecule has 0 radical (unpaired) electrons. The van der Waals surface area contributed by atoms with Gasteiger partial charge in [-0.1, -0.05) is 11.2 Å². The van der Waals surface area contributed by atoms with E-state index in [9.17, 15) is 9.59 Å². The summed E-state index contributed by atoms with van der Waals surface area (Å²) >= 11 is 0. The Balaban J connectivity index is 2.34. The Morgan fingerprint density at radius 1 is 1.65 bits per heavy atom. The number of nitrogens with one attached hydrogen (secondary N) is 1. The fourth-order valence-corrected chi connectivity index (χ4v) is 1.89. The van der Waals surface area contributed by atoms with Crippen molar-refractivity contribution in [3.8, 4) is 5.75 Å². The van der Waals surface area contributed by atoms with Crippen molar-refractivity contribution >= 4 is 17.6 Å². The summed E-state index contributed by atoms with van der Waals surface area (Å²) < 4.78 is 5.39. The number of amides is 1. The Morgan fingerprint density at radius 3 is 3.05 bits per heavy atom. The number of carbonyl (C=O) groups is 2. The zero-order valence-corrected chi connectivity index (χ0v) is 10.6. The lowest BCUT2D eigenvalue weighted by atomic mass is 10.0. The summed E-state index contributed by atoms with van der Waals surface area (Å²) in [7, 11) is 0. The lowest BCUT2D eigenvalue weighted by molar-refractivity contribution is -0.137. The quantitative estimate of drug-likeness (QED) is 0.497. The number of rotatable bonds is 4. The Morgan fingerprint density at radius 2 is 2.40 bits per heavy atom. The second-order valence-electron chi connectivity index (χ2n) is 4.32. The third-order valence-corrected chi connectivity index (χ3v) is 2.88. The van der Waals surface area contributed by atoms with E-state index in [0.29, 0.717) is 17.0 Å². The maximum atomic E-state index is 11.5. The summed E-state index contributed by atoms with van der Waals surface area (Å²) in [6, 6.07) is 3.95. The summed E-state index contributed by atoms with van der Waals surface area (Å²) in [5.41, 5.74) is 9.44. The van der Waals surface area contributed by atoms with E-state index in [0.717, 1.165) is 0 Å². The molecular formula is C12H12N4O4. The molecule has 1 aromatic rings. The third-order valence-electron chi connectivity index (χ3n) is 2.88. The minimum absolute atomic E-state index is 0.284. The van der Waals surface area contributed by atoms with Gasteiger partial charge < -0.3 is 15.2 Å². The normalized spacial score (nSPS) is 18.1. The van der Waals surface area contributed by atoms with Crippen LogP contribution in [0.15, 0.2) is 23.3 Å². The van der Waals surface area contributed by atoms with Gasteiger partial charge in [0.2, 0.25) is 0 Å². The van der Waals surface area contributed by atoms with Crippen molar-refractivity contribution < 1.29 is 19.4 Å². The number of nitrogens with zero attached hydrogens (tertiary/aromatic N) is 3. The monoisotopic (exact) mass is 276 g/mol. The summed E-state index contributed by atoms with van der Waals surface area (Å²) in [6.45, 7) is 1.62. The number of benzene rings is 1. The van der Waals surface area contributed by atoms with Crippen molar-refractivity contribution in [2.75, 3.05) is 5.32 Å². The molecule has 8 nitrogen and oxygen atoms in total. The van der Waals surface area contributed by atoms with Crippen molar-refractivity contribution in [3.05, 3.63) is 34.2 Å². The number of carboxylic acid groups (broad SMARTS) is 1. The fourth-order valence-electron chi connectivity index (χ4n) is 1.89. The zero-order chi connectivity index (χ0) is 14.7. The summed E-state index contributed by atoms with van der Waals surface area (Å²) in [6.07, 6.45) is -0.908. The number of aliphatic carboxylic acids is 1. The van der Waals surface area contributed by atoms with Gasteiger partial charge in [0.15, 0.2) is 6.10 Å². The second-order valence-corrected chi connectivity index (χ2v) is 4.32. The van der Waals surface area contributed by atoms with E-state index in [1.54, 1.807) is 25.1 Å². The van der Waals surface area contributed by atoms with Crippen LogP contribution >= 0.6 is 0 Å². The predicted molar refractivity (Wildman–Crippen MR) is 69.3 cm³/mol. The van der Waals surface area contributed by atoms with Gasteiger partial charge in [0.05, 0.1) is 18.2 Å². The molecule has 0 saturated carbocycles. The van der Waals surface area contributed by atoms with Crippen LogP contribution in [0.4, 0.5) is 5.69 Å². The van der Waals surface area contributed by atoms with Gasteiger partial charge in [-0.3, -0.25) is 9.59 Å². The van der Waals surface area contributed by atoms with Crippen LogP contribution in [0.25, 0.3) is 10.4 Å². The first-order valence-electron chi connectivity index (χ1n) is 5.88. The highest BCUT2D eigenvalue weighted by atomic mass is 16.5. The third kappa shape index (κ3) is 2.81. The van der Waals surface area contributed by atoms with E-state index < -0.39 is 18.1 Å². The molecule has 1 aliphatic heterocycles. The van der Waals surface area contributed by atoms with Gasteiger partial charge in [0, 0.05) is 4.91 Å². The van der Waals surface area contributed by atoms with E-state index in [-0.39, 0.29) is 12.3 Å². The molecule has 2 N–H and O–H groups in total. The molecular weight excluding hydrogens is 264 g/mol. The minimum atomic E-state index is -1.07. The molecule has 1 aliphatic rings. The van der Waals surface area contributed by atoms with Crippen molar-refractivity contribution in [1.29, 1.82) is 0 Å². The van der Waals surface area contributed by atoms with Gasteiger partial charge >= 0.3 is 5.97 Å². The van der Waals surface area contributed by atoms with E-state index in [1.807, 2.05) is 0 Å². The Kier molecular flexibility index (Phi) is 3.76. The van der Waals surface area contributed by atoms with Crippen LogP contribution in [0.2, 0.25) is 0 Å². The Labute approximate surface area is 114 Å². The van der Waals surface area contributed by atoms with Gasteiger partial charge in [-0.15, -0.1) is 0 Å². The summed E-state index contributed by atoms with van der Waals surface area (Å²) in [4.78, 5) is 24.9. The molecule has 0 aromatic heterocycles. The number of ether oxygens (including phenoxy) is 1. The number of hydrogen-bond acceptors (Lipinski definition) is 4. The molecule has 0 fully saturated rings. The average molecular weight is 276 g/mol. The molecule has 2 atom stereocenters. The fraction of sp³-hybridized carbons (Fsp3) is 0.333. The number of azide groups is 1. The number of carbonyl (C=O) groups excluding carboxylic acids is 1. The number of carboxylic acids is 1. The van der Waals surface area contributed by atoms with Crippen LogP contribution in [0.1, 0.15) is 24.9 Å². The van der Waals surface area contributed by atoms with Crippen LogP contribution < -0.4 is 10.1 Å². The van der Waals surface area contributed by atoms with E-state index >= 15 is 0 Å². The summed E-state index contributed by atoms with van der Waals surface area (Å²) in [5.74, 6) is -0.863. The highest BCUT2D eigenvalue weighted by molar-refractivity contribution is 5.97. The van der Waals surface area contributed by atoms with Crippen LogP contribution in [0.5, 0.6) is 5.75 Å². The standard InChI is InChI=1S/C12H12N4O4/c1-6-12(19)14-9-4-7(2-3-10(9)20-6)8(15-16-13)5-11(17)18/h2-4,6,8H,5H2,1H3,(H,14,19)(H,17,18). The molecule has 2 rings (SSSR count). The van der Waals surface area contributed by atoms with Gasteiger partial charge in [-0.25, -0.2) is 0 Å². The van der Waals surface area contributed by atoms with Crippen molar-refractivity contribution in [2.45, 2.75) is 25.5 Å². The molecule has 0 saturated heterocycles. The molecule has 104 valence electrons. The van der Waals surface area contributed by atoms with Crippen LogP contribution in [-0.4, -0.2) is 23.1 Å². The molecule has 0 bridgehead atoms. The number of anilines is 1. The highest BCUT2D eigenvalue weighted by Gasteiger charge is 2.24. The topological polar surface area (TPSA) is 124 Å². The highest BCUT2D eigenvalue weighted by Crippen LogP contribution is 2.34. The first kappa shape index (κ1) is 13.7.